The average molecular weight is 322 g/mol. The van der Waals surface area contributed by atoms with E-state index in [1.54, 1.807) is 0 Å². The molecule has 0 radical (unpaired) electrons. The fourth-order valence-corrected chi connectivity index (χ4v) is 1.08. The average Bonchev–Trinajstić information content (AvgIpc) is 2.42. The maximum absolute atomic E-state index is 11.9. The fourth-order valence-electron chi connectivity index (χ4n) is 1.08. The van der Waals surface area contributed by atoms with Crippen molar-refractivity contribution in [3.8, 4) is 0 Å². The van der Waals surface area contributed by atoms with Gasteiger partial charge in [0, 0.05) is 6.92 Å². The lowest BCUT2D eigenvalue weighted by Crippen LogP contribution is -2.57. The van der Waals surface area contributed by atoms with Crippen LogP contribution in [-0.2, 0) is 43.2 Å². The van der Waals surface area contributed by atoms with E-state index in [9.17, 15) is 29.1 Å². The van der Waals surface area contributed by atoms with Gasteiger partial charge in [0.05, 0.1) is 0 Å². The zero-order valence-electron chi connectivity index (χ0n) is 11.8. The number of aliphatic hydroxyl groups excluding tert-OH is 2. The lowest BCUT2D eigenvalue weighted by molar-refractivity contribution is -0.268. The number of rotatable bonds is 7. The Morgan fingerprint density at radius 3 is 2.00 bits per heavy atom. The molecule has 0 amide bonds. The van der Waals surface area contributed by atoms with Crippen LogP contribution in [0.15, 0.2) is 0 Å². The van der Waals surface area contributed by atoms with E-state index in [0.29, 0.717) is 0 Å². The number of Topliss-reactive ketones (excluding diaryl/α,β-unsaturated/α-hetero) is 1. The van der Waals surface area contributed by atoms with Crippen LogP contribution in [0.1, 0.15) is 20.8 Å². The first-order chi connectivity index (χ1) is 10.1. The van der Waals surface area contributed by atoms with Crippen molar-refractivity contribution >= 4 is 30.2 Å². The molecule has 0 saturated carbocycles. The van der Waals surface area contributed by atoms with E-state index >= 15 is 0 Å². The van der Waals surface area contributed by atoms with Crippen LogP contribution in [0.4, 0.5) is 0 Å². The lowest BCUT2D eigenvalue weighted by atomic mass is 10.1. The molecule has 0 heterocycles. The molecule has 124 valence electrons. The molecule has 2 N–H and O–H groups in total. The summed E-state index contributed by atoms with van der Waals surface area (Å²) in [6.45, 7) is 2.29. The van der Waals surface area contributed by atoms with E-state index in [4.69, 9.17) is 5.11 Å². The molecule has 0 rings (SSSR count). The van der Waals surface area contributed by atoms with Gasteiger partial charge in [-0.3, -0.25) is 9.59 Å². The molecular weight excluding hydrogens is 308 g/mol. The van der Waals surface area contributed by atoms with Gasteiger partial charge in [-0.15, -0.1) is 0 Å². The topological polar surface area (TPSA) is 163 Å². The lowest BCUT2D eigenvalue weighted by Gasteiger charge is -2.30. The Labute approximate surface area is 123 Å². The number of ketones is 1. The summed E-state index contributed by atoms with van der Waals surface area (Å²) in [5, 5.41) is 18.6. The van der Waals surface area contributed by atoms with Crippen molar-refractivity contribution in [3.63, 3.8) is 0 Å². The van der Waals surface area contributed by atoms with Crippen LogP contribution in [0.3, 0.4) is 0 Å². The standard InChI is InChI=1S/C11H14O11/c1-5(13)9(17)20-11(6(2)14,19-4-12)8(16)10(18)22-21-7(3)15/h4-6,13-14H,1-3H3. The molecule has 3 unspecified atom stereocenters. The molecule has 0 aliphatic rings. The van der Waals surface area contributed by atoms with Crippen molar-refractivity contribution in [2.75, 3.05) is 0 Å². The molecule has 0 bridgehead atoms. The van der Waals surface area contributed by atoms with E-state index in [2.05, 4.69) is 19.2 Å². The molecule has 0 spiro atoms. The maximum atomic E-state index is 11.9. The van der Waals surface area contributed by atoms with Gasteiger partial charge >= 0.3 is 29.5 Å². The van der Waals surface area contributed by atoms with Gasteiger partial charge in [0.1, 0.15) is 12.2 Å². The van der Waals surface area contributed by atoms with Crippen molar-refractivity contribution in [2.24, 2.45) is 0 Å². The molecule has 0 aromatic heterocycles. The Balaban J connectivity index is 5.49. The van der Waals surface area contributed by atoms with Crippen LogP contribution in [-0.4, -0.2) is 58.4 Å². The van der Waals surface area contributed by atoms with E-state index < -0.39 is 41.7 Å². The predicted molar refractivity (Wildman–Crippen MR) is 62.2 cm³/mol. The number of esters is 1. The minimum atomic E-state index is -3.10. The van der Waals surface area contributed by atoms with Gasteiger partial charge in [-0.05, 0) is 13.8 Å². The first-order valence-corrected chi connectivity index (χ1v) is 5.72. The molecule has 0 saturated heterocycles. The fraction of sp³-hybridized carbons (Fsp3) is 0.545. The minimum Gasteiger partial charge on any atom is -0.414 e. The molecule has 11 heteroatoms. The predicted octanol–water partition coefficient (Wildman–Crippen LogP) is -2.25. The monoisotopic (exact) mass is 322 g/mol. The number of hydrogen-bond donors (Lipinski definition) is 2. The van der Waals surface area contributed by atoms with Crippen LogP contribution in [0.5, 0.6) is 0 Å². The van der Waals surface area contributed by atoms with E-state index in [0.717, 1.165) is 20.8 Å². The van der Waals surface area contributed by atoms with Crippen LogP contribution < -0.4 is 0 Å². The quantitative estimate of drug-likeness (QED) is 0.130. The van der Waals surface area contributed by atoms with Crippen molar-refractivity contribution < 1.29 is 53.4 Å². The zero-order valence-corrected chi connectivity index (χ0v) is 11.8. The summed E-state index contributed by atoms with van der Waals surface area (Å²) in [6, 6.07) is 0. The molecular formula is C11H14O11. The van der Waals surface area contributed by atoms with Crippen molar-refractivity contribution in [3.05, 3.63) is 0 Å². The molecule has 0 aliphatic heterocycles. The van der Waals surface area contributed by atoms with Gasteiger partial charge in [-0.25, -0.2) is 24.2 Å². The van der Waals surface area contributed by atoms with Gasteiger partial charge in [0.25, 0.3) is 6.47 Å². The third-order valence-corrected chi connectivity index (χ3v) is 2.10. The van der Waals surface area contributed by atoms with Gasteiger partial charge in [-0.1, -0.05) is 0 Å². The van der Waals surface area contributed by atoms with Crippen LogP contribution in [0.25, 0.3) is 0 Å². The summed E-state index contributed by atoms with van der Waals surface area (Å²) in [4.78, 5) is 63.3. The molecule has 11 nitrogen and oxygen atoms in total. The normalized spacial score (nSPS) is 15.5. The number of hydrogen-bond acceptors (Lipinski definition) is 11. The summed E-state index contributed by atoms with van der Waals surface area (Å²) >= 11 is 0. The Bertz CT molecular complexity index is 467. The van der Waals surface area contributed by atoms with Crippen LogP contribution >= 0.6 is 0 Å². The molecule has 0 aliphatic carbocycles. The molecule has 22 heavy (non-hydrogen) atoms. The number of aliphatic hydroxyl groups is 2. The van der Waals surface area contributed by atoms with Crippen LogP contribution in [0, 0.1) is 0 Å². The third kappa shape index (κ3) is 4.79. The molecule has 3 atom stereocenters. The zero-order chi connectivity index (χ0) is 17.5. The Morgan fingerprint density at radius 1 is 1.09 bits per heavy atom. The Hall–Kier alpha value is -2.53. The highest BCUT2D eigenvalue weighted by Crippen LogP contribution is 2.21. The Morgan fingerprint density at radius 2 is 1.64 bits per heavy atom. The van der Waals surface area contributed by atoms with Gasteiger partial charge in [0.15, 0.2) is 0 Å². The van der Waals surface area contributed by atoms with Gasteiger partial charge in [0.2, 0.25) is 0 Å². The summed E-state index contributed by atoms with van der Waals surface area (Å²) in [6.07, 6.45) is -3.77. The molecule has 0 aromatic rings. The molecule has 0 fully saturated rings. The second-order valence-electron chi connectivity index (χ2n) is 3.93. The van der Waals surface area contributed by atoms with Crippen molar-refractivity contribution in [2.45, 2.75) is 38.8 Å². The summed E-state index contributed by atoms with van der Waals surface area (Å²) < 4.78 is 8.63. The van der Waals surface area contributed by atoms with Crippen molar-refractivity contribution in [1.29, 1.82) is 0 Å². The first kappa shape index (κ1) is 19.5. The minimum absolute atomic E-state index is 0.376. The molecule has 0 aromatic carbocycles. The maximum Gasteiger partial charge on any atom is 0.430 e. The largest absolute Gasteiger partial charge is 0.430 e. The summed E-state index contributed by atoms with van der Waals surface area (Å²) in [7, 11) is 0. The SMILES string of the molecule is CC(=O)OOC(=O)C(=O)C(OC=O)(OC(=O)C(C)O)C(C)O. The number of ether oxygens (including phenoxy) is 2. The Kier molecular flexibility index (Phi) is 7.12. The summed E-state index contributed by atoms with van der Waals surface area (Å²) in [5.41, 5.74) is 0. The van der Waals surface area contributed by atoms with E-state index in [1.807, 2.05) is 0 Å². The highest BCUT2D eigenvalue weighted by molar-refractivity contribution is 6.36. The third-order valence-electron chi connectivity index (χ3n) is 2.10. The van der Waals surface area contributed by atoms with Crippen molar-refractivity contribution in [1.82, 2.24) is 0 Å². The number of carbonyl (C=O) groups is 5. The highest BCUT2D eigenvalue weighted by Gasteiger charge is 2.55. The van der Waals surface area contributed by atoms with Gasteiger partial charge in [-0.2, -0.15) is 0 Å². The smallest absolute Gasteiger partial charge is 0.414 e. The van der Waals surface area contributed by atoms with E-state index in [-0.39, 0.29) is 6.47 Å². The first-order valence-electron chi connectivity index (χ1n) is 5.72. The van der Waals surface area contributed by atoms with Gasteiger partial charge < -0.3 is 19.7 Å². The second kappa shape index (κ2) is 8.05. The van der Waals surface area contributed by atoms with E-state index in [1.165, 1.54) is 0 Å². The summed E-state index contributed by atoms with van der Waals surface area (Å²) in [5.74, 6) is -9.41. The highest BCUT2D eigenvalue weighted by atomic mass is 17.2. The second-order valence-corrected chi connectivity index (χ2v) is 3.93. The van der Waals surface area contributed by atoms with Crippen LogP contribution in [0.2, 0.25) is 0 Å². The number of carbonyl (C=O) groups excluding carboxylic acids is 5.